The highest BCUT2D eigenvalue weighted by Gasteiger charge is 2.20. The lowest BCUT2D eigenvalue weighted by atomic mass is 10.0. The number of carbonyl (C=O) groups excluding carboxylic acids is 1. The molecule has 0 spiro atoms. The van der Waals surface area contributed by atoms with Crippen LogP contribution in [0.3, 0.4) is 0 Å². The molecule has 0 aromatic carbocycles. The minimum absolute atomic E-state index is 0.0158. The van der Waals surface area contributed by atoms with Gasteiger partial charge in [0.05, 0.1) is 34.4 Å². The van der Waals surface area contributed by atoms with Gasteiger partial charge in [-0.3, -0.25) is 9.36 Å². The second-order valence-electron chi connectivity index (χ2n) is 16.4. The standard InChI is InChI=1S/C47H88NO7P/c1-6-8-10-12-14-16-18-20-22-23-24-25-26-27-28-30-32-34-36-38-40-47(49)55-46(45-54-56(50,51)53-43-41-48(3,4)5)44-52-42-39-37-35-33-31-29-21-19-17-15-13-11-9-7-2/h9,11,15,17,21,29,33,35,46H,6-8,10,12-14,16,18-20,22-28,30-32,34,36-45H2,1-5H3/b11-9-,17-15-,29-21-,35-33-. The Morgan fingerprint density at radius 1 is 0.571 bits per heavy atom. The molecule has 0 heterocycles. The van der Waals surface area contributed by atoms with Crippen molar-refractivity contribution in [3.63, 3.8) is 0 Å². The van der Waals surface area contributed by atoms with Crippen molar-refractivity contribution in [2.75, 3.05) is 54.1 Å². The second kappa shape index (κ2) is 40.2. The Bertz CT molecular complexity index is 1040. The summed E-state index contributed by atoms with van der Waals surface area (Å²) in [5, 5.41) is 0. The Kier molecular flexibility index (Phi) is 39.1. The molecule has 9 heteroatoms. The summed E-state index contributed by atoms with van der Waals surface area (Å²) in [6.45, 7) is 5.16. The molecule has 0 saturated heterocycles. The van der Waals surface area contributed by atoms with E-state index >= 15 is 0 Å². The average Bonchev–Trinajstić information content (AvgIpc) is 3.15. The van der Waals surface area contributed by atoms with E-state index in [1.54, 1.807) is 0 Å². The first-order chi connectivity index (χ1) is 27.1. The number of hydrogen-bond donors (Lipinski definition) is 0. The molecule has 0 bridgehead atoms. The van der Waals surface area contributed by atoms with Crippen LogP contribution in [0.5, 0.6) is 0 Å². The molecule has 0 rings (SSSR count). The molecule has 0 amide bonds. The van der Waals surface area contributed by atoms with Crippen LogP contribution in [0, 0.1) is 0 Å². The van der Waals surface area contributed by atoms with Crippen LogP contribution < -0.4 is 4.89 Å². The predicted molar refractivity (Wildman–Crippen MR) is 236 cm³/mol. The van der Waals surface area contributed by atoms with Gasteiger partial charge in [0.15, 0.2) is 0 Å². The highest BCUT2D eigenvalue weighted by molar-refractivity contribution is 7.45. The molecule has 2 unspecified atom stereocenters. The van der Waals surface area contributed by atoms with E-state index in [0.29, 0.717) is 24.1 Å². The monoisotopic (exact) mass is 810 g/mol. The van der Waals surface area contributed by atoms with Crippen molar-refractivity contribution < 1.29 is 37.3 Å². The van der Waals surface area contributed by atoms with Crippen LogP contribution in [0.25, 0.3) is 0 Å². The quantitative estimate of drug-likeness (QED) is 0.0199. The number of esters is 1. The third-order valence-electron chi connectivity index (χ3n) is 9.64. The lowest BCUT2D eigenvalue weighted by molar-refractivity contribution is -0.870. The van der Waals surface area contributed by atoms with Gasteiger partial charge in [0.25, 0.3) is 7.82 Å². The summed E-state index contributed by atoms with van der Waals surface area (Å²) >= 11 is 0. The second-order valence-corrected chi connectivity index (χ2v) is 17.8. The van der Waals surface area contributed by atoms with Crippen LogP contribution >= 0.6 is 7.82 Å². The van der Waals surface area contributed by atoms with Gasteiger partial charge in [-0.05, 0) is 44.9 Å². The van der Waals surface area contributed by atoms with E-state index in [9.17, 15) is 14.3 Å². The lowest BCUT2D eigenvalue weighted by Gasteiger charge is -2.28. The van der Waals surface area contributed by atoms with Gasteiger partial charge in [-0.2, -0.15) is 0 Å². The Morgan fingerprint density at radius 3 is 1.48 bits per heavy atom. The highest BCUT2D eigenvalue weighted by Crippen LogP contribution is 2.38. The molecule has 328 valence electrons. The van der Waals surface area contributed by atoms with E-state index in [2.05, 4.69) is 62.5 Å². The molecular weight excluding hydrogens is 721 g/mol. The first-order valence-electron chi connectivity index (χ1n) is 22.9. The van der Waals surface area contributed by atoms with Crippen molar-refractivity contribution in [1.82, 2.24) is 0 Å². The molecule has 0 aromatic heterocycles. The number of phosphoric ester groups is 1. The largest absolute Gasteiger partial charge is 0.756 e. The van der Waals surface area contributed by atoms with Crippen LogP contribution in [0.4, 0.5) is 0 Å². The fourth-order valence-electron chi connectivity index (χ4n) is 6.14. The van der Waals surface area contributed by atoms with Crippen molar-refractivity contribution >= 4 is 13.8 Å². The highest BCUT2D eigenvalue weighted by atomic mass is 31.2. The van der Waals surface area contributed by atoms with Gasteiger partial charge in [0.1, 0.15) is 19.3 Å². The Morgan fingerprint density at radius 2 is 1.02 bits per heavy atom. The van der Waals surface area contributed by atoms with E-state index < -0.39 is 13.9 Å². The maximum absolute atomic E-state index is 12.7. The van der Waals surface area contributed by atoms with Gasteiger partial charge in [0, 0.05) is 13.0 Å². The van der Waals surface area contributed by atoms with E-state index in [0.717, 1.165) is 57.8 Å². The van der Waals surface area contributed by atoms with Crippen LogP contribution in [0.15, 0.2) is 48.6 Å². The van der Waals surface area contributed by atoms with Gasteiger partial charge in [-0.15, -0.1) is 0 Å². The number of phosphoric acid groups is 1. The summed E-state index contributed by atoms with van der Waals surface area (Å²) in [5.74, 6) is -0.351. The van der Waals surface area contributed by atoms with Crippen LogP contribution in [0.1, 0.15) is 187 Å². The van der Waals surface area contributed by atoms with Crippen molar-refractivity contribution in [3.05, 3.63) is 48.6 Å². The maximum Gasteiger partial charge on any atom is 0.306 e. The number of hydrogen-bond acceptors (Lipinski definition) is 7. The summed E-state index contributed by atoms with van der Waals surface area (Å²) in [6, 6.07) is 0. The molecule has 56 heavy (non-hydrogen) atoms. The van der Waals surface area contributed by atoms with Crippen molar-refractivity contribution in [3.8, 4) is 0 Å². The molecule has 8 nitrogen and oxygen atoms in total. The zero-order chi connectivity index (χ0) is 41.3. The summed E-state index contributed by atoms with van der Waals surface area (Å²) in [4.78, 5) is 25.1. The van der Waals surface area contributed by atoms with Crippen LogP contribution in [0.2, 0.25) is 0 Å². The van der Waals surface area contributed by atoms with Crippen molar-refractivity contribution in [2.45, 2.75) is 193 Å². The average molecular weight is 810 g/mol. The number of carbonyl (C=O) groups is 1. The lowest BCUT2D eigenvalue weighted by Crippen LogP contribution is -2.37. The van der Waals surface area contributed by atoms with Gasteiger partial charge < -0.3 is 27.9 Å². The number of likely N-dealkylation sites (N-methyl/N-ethyl adjacent to an activating group) is 1. The number of quaternary nitrogens is 1. The minimum Gasteiger partial charge on any atom is -0.756 e. The number of rotatable bonds is 42. The zero-order valence-corrected chi connectivity index (χ0v) is 38.0. The fourth-order valence-corrected chi connectivity index (χ4v) is 6.87. The summed E-state index contributed by atoms with van der Waals surface area (Å²) < 4.78 is 34.5. The minimum atomic E-state index is -4.54. The third-order valence-corrected chi connectivity index (χ3v) is 10.6. The van der Waals surface area contributed by atoms with Gasteiger partial charge in [0.2, 0.25) is 0 Å². The molecule has 0 saturated carbocycles. The zero-order valence-electron chi connectivity index (χ0n) is 37.1. The molecule has 2 atom stereocenters. The number of nitrogens with zero attached hydrogens (tertiary/aromatic N) is 1. The van der Waals surface area contributed by atoms with Gasteiger partial charge in [-0.25, -0.2) is 0 Å². The SMILES string of the molecule is CC/C=C\C/C=C\C/C=C\C/C=C\CCCOCC(COP(=O)([O-])OCC[N+](C)(C)C)OC(=O)CCCCCCCCCCCCCCCCCCCCCC. The normalized spacial score (nSPS) is 14.2. The predicted octanol–water partition coefficient (Wildman–Crippen LogP) is 12.9. The first kappa shape index (κ1) is 54.5. The van der Waals surface area contributed by atoms with Crippen LogP contribution in [-0.2, 0) is 27.9 Å². The maximum atomic E-state index is 12.7. The number of unbranched alkanes of at least 4 members (excludes halogenated alkanes) is 20. The summed E-state index contributed by atoms with van der Waals surface area (Å²) in [5.41, 5.74) is 0. The summed E-state index contributed by atoms with van der Waals surface area (Å²) in [6.07, 6.45) is 48.6. The molecule has 0 fully saturated rings. The van der Waals surface area contributed by atoms with Gasteiger partial charge >= 0.3 is 5.97 Å². The van der Waals surface area contributed by atoms with Crippen LogP contribution in [-0.4, -0.2) is 70.7 Å². The molecule has 0 aliphatic heterocycles. The number of ether oxygens (including phenoxy) is 2. The van der Waals surface area contributed by atoms with E-state index in [1.165, 1.54) is 109 Å². The Labute approximate surface area is 346 Å². The van der Waals surface area contributed by atoms with E-state index in [-0.39, 0.29) is 25.8 Å². The van der Waals surface area contributed by atoms with Crippen molar-refractivity contribution in [1.29, 1.82) is 0 Å². The molecule has 0 N–H and O–H groups in total. The fraction of sp³-hybridized carbons (Fsp3) is 0.809. The molecule has 0 aliphatic carbocycles. The summed E-state index contributed by atoms with van der Waals surface area (Å²) in [7, 11) is 1.32. The molecule has 0 aliphatic rings. The smallest absolute Gasteiger partial charge is 0.306 e. The Balaban J connectivity index is 4.22. The topological polar surface area (TPSA) is 94.1 Å². The Hall–Kier alpha value is -1.54. The van der Waals surface area contributed by atoms with E-state index in [1.807, 2.05) is 21.1 Å². The molecule has 0 aromatic rings. The third kappa shape index (κ3) is 43.6. The molecular formula is C47H88NO7P. The number of allylic oxidation sites excluding steroid dienone is 8. The van der Waals surface area contributed by atoms with Gasteiger partial charge in [-0.1, -0.05) is 184 Å². The first-order valence-corrected chi connectivity index (χ1v) is 24.3. The molecule has 0 radical (unpaired) electrons. The van der Waals surface area contributed by atoms with Crippen molar-refractivity contribution in [2.24, 2.45) is 0 Å². The van der Waals surface area contributed by atoms with E-state index in [4.69, 9.17) is 18.5 Å².